The summed E-state index contributed by atoms with van der Waals surface area (Å²) in [4.78, 5) is 11.8. The van der Waals surface area contributed by atoms with E-state index in [1.807, 2.05) is 31.2 Å². The molecule has 1 aromatic carbocycles. The van der Waals surface area contributed by atoms with Crippen molar-refractivity contribution >= 4 is 48.8 Å². The predicted molar refractivity (Wildman–Crippen MR) is 101 cm³/mol. The Hall–Kier alpha value is -1.74. The molecule has 1 unspecified atom stereocenters. The maximum atomic E-state index is 12.6. The number of benzene rings is 1. The number of carbonyl (C=O) groups excluding carboxylic acids is 1. The third-order valence-corrected chi connectivity index (χ3v) is 7.40. The molecule has 3 rings (SSSR count). The molecule has 2 aromatic heterocycles. The normalized spacial score (nSPS) is 13.0. The highest BCUT2D eigenvalue weighted by molar-refractivity contribution is 7.89. The number of rotatable bonds is 6. The van der Waals surface area contributed by atoms with Gasteiger partial charge in [0.2, 0.25) is 10.0 Å². The molecule has 0 aliphatic carbocycles. The first kappa shape index (κ1) is 18.1. The van der Waals surface area contributed by atoms with Crippen LogP contribution in [0, 0.1) is 0 Å². The van der Waals surface area contributed by atoms with Crippen molar-refractivity contribution < 1.29 is 17.9 Å². The number of sulfonamides is 1. The Labute approximate surface area is 154 Å². The fourth-order valence-electron chi connectivity index (χ4n) is 2.64. The summed E-state index contributed by atoms with van der Waals surface area (Å²) in [6, 6.07) is 9.16. The molecule has 0 amide bonds. The fourth-order valence-corrected chi connectivity index (χ4v) is 6.20. The number of hydrogen-bond acceptors (Lipinski definition) is 6. The van der Waals surface area contributed by atoms with Gasteiger partial charge in [-0.1, -0.05) is 18.2 Å². The van der Waals surface area contributed by atoms with Gasteiger partial charge in [0.15, 0.2) is 0 Å². The van der Waals surface area contributed by atoms with Gasteiger partial charge in [-0.3, -0.25) is 0 Å². The summed E-state index contributed by atoms with van der Waals surface area (Å²) in [5, 5.41) is 4.77. The first-order valence-electron chi connectivity index (χ1n) is 7.55. The lowest BCUT2D eigenvalue weighted by Gasteiger charge is -2.14. The molecule has 1 N–H and O–H groups in total. The molecule has 3 aromatic rings. The van der Waals surface area contributed by atoms with Gasteiger partial charge in [0.25, 0.3) is 0 Å². The molecule has 25 heavy (non-hydrogen) atoms. The Morgan fingerprint density at radius 2 is 2.00 bits per heavy atom. The topological polar surface area (TPSA) is 72.5 Å². The van der Waals surface area contributed by atoms with Gasteiger partial charge in [0.1, 0.15) is 9.77 Å². The molecule has 0 saturated carbocycles. The zero-order valence-corrected chi connectivity index (χ0v) is 16.1. The zero-order valence-electron chi connectivity index (χ0n) is 13.7. The molecule has 0 aliphatic rings. The molecule has 0 aliphatic heterocycles. The van der Waals surface area contributed by atoms with Crippen LogP contribution in [0.3, 0.4) is 0 Å². The maximum absolute atomic E-state index is 12.6. The van der Waals surface area contributed by atoms with Crippen LogP contribution in [-0.4, -0.2) is 27.5 Å². The van der Waals surface area contributed by atoms with Crippen molar-refractivity contribution in [3.8, 4) is 0 Å². The zero-order chi connectivity index (χ0) is 18.0. The monoisotopic (exact) mass is 395 g/mol. The van der Waals surface area contributed by atoms with E-state index >= 15 is 0 Å². The van der Waals surface area contributed by atoms with Crippen LogP contribution in [0.2, 0.25) is 0 Å². The number of carbonyl (C=O) groups is 1. The number of esters is 1. The Balaban J connectivity index is 1.79. The second-order valence-electron chi connectivity index (χ2n) is 5.59. The van der Waals surface area contributed by atoms with Crippen LogP contribution in [0.1, 0.15) is 22.2 Å². The van der Waals surface area contributed by atoms with E-state index in [1.165, 1.54) is 17.9 Å². The molecule has 0 fully saturated rings. The van der Waals surface area contributed by atoms with E-state index in [0.29, 0.717) is 6.42 Å². The maximum Gasteiger partial charge on any atom is 0.349 e. The van der Waals surface area contributed by atoms with E-state index < -0.39 is 16.0 Å². The predicted octanol–water partition coefficient (Wildman–Crippen LogP) is 3.66. The second kappa shape index (κ2) is 7.25. The number of nitrogens with one attached hydrogen (secondary N) is 1. The van der Waals surface area contributed by atoms with Crippen LogP contribution in [0.25, 0.3) is 10.1 Å². The molecule has 2 heterocycles. The van der Waals surface area contributed by atoms with Crippen molar-refractivity contribution in [1.29, 1.82) is 0 Å². The summed E-state index contributed by atoms with van der Waals surface area (Å²) in [6.45, 7) is 1.81. The molecule has 8 heteroatoms. The molecule has 5 nitrogen and oxygen atoms in total. The highest BCUT2D eigenvalue weighted by Gasteiger charge is 2.26. The summed E-state index contributed by atoms with van der Waals surface area (Å²) in [6.07, 6.45) is 0.570. The van der Waals surface area contributed by atoms with Gasteiger partial charge in [-0.15, -0.1) is 22.7 Å². The number of fused-ring (bicyclic) bond motifs is 1. The highest BCUT2D eigenvalue weighted by Crippen LogP contribution is 2.27. The summed E-state index contributed by atoms with van der Waals surface area (Å²) in [5.74, 6) is -0.646. The van der Waals surface area contributed by atoms with E-state index in [2.05, 4.69) is 14.8 Å². The van der Waals surface area contributed by atoms with Gasteiger partial charge in [-0.05, 0) is 47.2 Å². The summed E-state index contributed by atoms with van der Waals surface area (Å²) < 4.78 is 33.7. The molecule has 0 spiro atoms. The largest absolute Gasteiger partial charge is 0.465 e. The quantitative estimate of drug-likeness (QED) is 0.647. The van der Waals surface area contributed by atoms with Crippen LogP contribution in [-0.2, 0) is 21.2 Å². The van der Waals surface area contributed by atoms with Crippen molar-refractivity contribution in [3.63, 3.8) is 0 Å². The molecule has 0 bridgehead atoms. The third kappa shape index (κ3) is 3.77. The van der Waals surface area contributed by atoms with Gasteiger partial charge < -0.3 is 4.74 Å². The first-order valence-corrected chi connectivity index (χ1v) is 10.8. The Morgan fingerprint density at radius 1 is 1.24 bits per heavy atom. The van der Waals surface area contributed by atoms with Crippen LogP contribution >= 0.6 is 22.7 Å². The molecule has 132 valence electrons. The minimum atomic E-state index is -3.80. The number of ether oxygens (including phenoxy) is 1. The minimum absolute atomic E-state index is 0.0358. The van der Waals surface area contributed by atoms with E-state index in [0.717, 1.165) is 22.3 Å². The minimum Gasteiger partial charge on any atom is -0.465 e. The lowest BCUT2D eigenvalue weighted by molar-refractivity contribution is 0.0602. The van der Waals surface area contributed by atoms with Crippen molar-refractivity contribution in [3.05, 3.63) is 51.5 Å². The van der Waals surface area contributed by atoms with Crippen molar-refractivity contribution in [1.82, 2.24) is 4.72 Å². The average Bonchev–Trinajstić information content (AvgIpc) is 3.22. The Kier molecular flexibility index (Phi) is 5.24. The Bertz CT molecular complexity index is 1000. The SMILES string of the molecule is COC(=O)c1sccc1S(=O)(=O)NC(C)Cc1csc2ccccc12. The first-order chi connectivity index (χ1) is 11.9. The lowest BCUT2D eigenvalue weighted by Crippen LogP contribution is -2.34. The van der Waals surface area contributed by atoms with Crippen LogP contribution in [0.4, 0.5) is 0 Å². The van der Waals surface area contributed by atoms with Crippen LogP contribution in [0.15, 0.2) is 46.0 Å². The standard InChI is InChI=1S/C17H17NO4S3/c1-11(9-12-10-24-14-6-4-3-5-13(12)14)18-25(20,21)15-7-8-23-16(15)17(19)22-2/h3-8,10-11,18H,9H2,1-2H3. The van der Waals surface area contributed by atoms with E-state index in [4.69, 9.17) is 0 Å². The third-order valence-electron chi connectivity index (χ3n) is 3.73. The highest BCUT2D eigenvalue weighted by atomic mass is 32.2. The van der Waals surface area contributed by atoms with Crippen LogP contribution in [0.5, 0.6) is 0 Å². The smallest absolute Gasteiger partial charge is 0.349 e. The number of thiophene rings is 2. The van der Waals surface area contributed by atoms with Crippen molar-refractivity contribution in [2.75, 3.05) is 7.11 Å². The number of methoxy groups -OCH3 is 1. The van der Waals surface area contributed by atoms with Gasteiger partial charge in [0.05, 0.1) is 7.11 Å². The van der Waals surface area contributed by atoms with Gasteiger partial charge in [-0.25, -0.2) is 17.9 Å². The molecular weight excluding hydrogens is 378 g/mol. The molecule has 0 saturated heterocycles. The average molecular weight is 396 g/mol. The van der Waals surface area contributed by atoms with Crippen molar-refractivity contribution in [2.45, 2.75) is 24.3 Å². The number of hydrogen-bond donors (Lipinski definition) is 1. The molecule has 1 atom stereocenters. The Morgan fingerprint density at radius 3 is 2.76 bits per heavy atom. The van der Waals surface area contributed by atoms with Gasteiger partial charge >= 0.3 is 5.97 Å². The lowest BCUT2D eigenvalue weighted by atomic mass is 10.1. The van der Waals surface area contributed by atoms with Crippen molar-refractivity contribution in [2.24, 2.45) is 0 Å². The summed E-state index contributed by atoms with van der Waals surface area (Å²) >= 11 is 2.70. The van der Waals surface area contributed by atoms with Gasteiger partial charge in [-0.2, -0.15) is 0 Å². The van der Waals surface area contributed by atoms with E-state index in [-0.39, 0.29) is 15.8 Å². The van der Waals surface area contributed by atoms with Gasteiger partial charge in [0, 0.05) is 10.7 Å². The second-order valence-corrected chi connectivity index (χ2v) is 9.10. The molecule has 0 radical (unpaired) electrons. The summed E-state index contributed by atoms with van der Waals surface area (Å²) in [5.41, 5.74) is 1.11. The van der Waals surface area contributed by atoms with Crippen LogP contribution < -0.4 is 4.72 Å². The fraction of sp³-hybridized carbons (Fsp3) is 0.235. The van der Waals surface area contributed by atoms with E-state index in [9.17, 15) is 13.2 Å². The summed E-state index contributed by atoms with van der Waals surface area (Å²) in [7, 11) is -2.56. The molecular formula is C17H17NO4S3. The van der Waals surface area contributed by atoms with E-state index in [1.54, 1.807) is 16.7 Å².